The van der Waals surface area contributed by atoms with Crippen molar-refractivity contribution in [3.63, 3.8) is 0 Å². The van der Waals surface area contributed by atoms with Gasteiger partial charge in [0, 0.05) is 12.2 Å². The molecule has 1 fully saturated rings. The van der Waals surface area contributed by atoms with Crippen LogP contribution in [0.15, 0.2) is 12.1 Å². The lowest BCUT2D eigenvalue weighted by Crippen LogP contribution is -2.33. The van der Waals surface area contributed by atoms with E-state index in [1.807, 2.05) is 0 Å². The minimum atomic E-state index is -0.727. The summed E-state index contributed by atoms with van der Waals surface area (Å²) >= 11 is 0. The minimum Gasteiger partial charge on any atom is -0.376 e. The Bertz CT molecular complexity index is 403. The highest BCUT2D eigenvalue weighted by Crippen LogP contribution is 2.29. The van der Waals surface area contributed by atoms with Crippen LogP contribution in [0.2, 0.25) is 0 Å². The number of ether oxygens (including phenoxy) is 1. The van der Waals surface area contributed by atoms with Crippen LogP contribution >= 0.6 is 0 Å². The van der Waals surface area contributed by atoms with Crippen molar-refractivity contribution in [3.05, 3.63) is 34.9 Å². The monoisotopic (exact) mass is 241 g/mol. The third-order valence-corrected chi connectivity index (χ3v) is 3.27. The van der Waals surface area contributed by atoms with Gasteiger partial charge in [-0.1, -0.05) is 6.07 Å². The normalized spacial score (nSPS) is 22.5. The summed E-state index contributed by atoms with van der Waals surface area (Å²) in [5.74, 6) is -1.14. The van der Waals surface area contributed by atoms with Crippen LogP contribution in [0.25, 0.3) is 0 Å². The Labute approximate surface area is 99.8 Å². The molecule has 0 aliphatic carbocycles. The van der Waals surface area contributed by atoms with Gasteiger partial charge in [0.1, 0.15) is 11.6 Å². The number of aryl methyl sites for hydroxylation is 1. The fourth-order valence-electron chi connectivity index (χ4n) is 2.22. The summed E-state index contributed by atoms with van der Waals surface area (Å²) in [6, 6.07) is 1.95. The summed E-state index contributed by atoms with van der Waals surface area (Å²) in [5.41, 5.74) is 6.30. The molecule has 2 atom stereocenters. The number of hydrogen-bond donors (Lipinski definition) is 1. The van der Waals surface area contributed by atoms with E-state index in [0.717, 1.165) is 19.3 Å². The van der Waals surface area contributed by atoms with Crippen molar-refractivity contribution in [1.29, 1.82) is 0 Å². The molecule has 0 saturated carbocycles. The lowest BCUT2D eigenvalue weighted by Gasteiger charge is -2.28. The molecule has 17 heavy (non-hydrogen) atoms. The van der Waals surface area contributed by atoms with Gasteiger partial charge in [-0.05, 0) is 37.8 Å². The third-order valence-electron chi connectivity index (χ3n) is 3.27. The van der Waals surface area contributed by atoms with Crippen molar-refractivity contribution in [2.24, 2.45) is 5.73 Å². The smallest absolute Gasteiger partial charge is 0.133 e. The number of rotatable bonds is 2. The molecule has 1 aliphatic rings. The van der Waals surface area contributed by atoms with Crippen LogP contribution < -0.4 is 5.73 Å². The lowest BCUT2D eigenvalue weighted by molar-refractivity contribution is -0.00132. The number of hydrogen-bond acceptors (Lipinski definition) is 2. The van der Waals surface area contributed by atoms with Crippen LogP contribution in [0, 0.1) is 18.6 Å². The van der Waals surface area contributed by atoms with Gasteiger partial charge < -0.3 is 10.5 Å². The maximum atomic E-state index is 13.9. The zero-order valence-corrected chi connectivity index (χ0v) is 9.88. The zero-order chi connectivity index (χ0) is 12.4. The van der Waals surface area contributed by atoms with Gasteiger partial charge in [-0.25, -0.2) is 8.78 Å². The Morgan fingerprint density at radius 1 is 1.35 bits per heavy atom. The molecule has 4 heteroatoms. The van der Waals surface area contributed by atoms with Gasteiger partial charge in [0.05, 0.1) is 12.1 Å². The first-order valence-corrected chi connectivity index (χ1v) is 5.93. The average molecular weight is 241 g/mol. The first kappa shape index (κ1) is 12.5. The average Bonchev–Trinajstić information content (AvgIpc) is 2.35. The van der Waals surface area contributed by atoms with Gasteiger partial charge >= 0.3 is 0 Å². The topological polar surface area (TPSA) is 35.2 Å². The molecular formula is C13H17F2NO. The van der Waals surface area contributed by atoms with Gasteiger partial charge in [0.2, 0.25) is 0 Å². The van der Waals surface area contributed by atoms with E-state index >= 15 is 0 Å². The molecule has 94 valence electrons. The molecule has 0 bridgehead atoms. The fraction of sp³-hybridized carbons (Fsp3) is 0.538. The fourth-order valence-corrected chi connectivity index (χ4v) is 2.22. The first-order valence-electron chi connectivity index (χ1n) is 5.93. The maximum absolute atomic E-state index is 13.9. The molecule has 2 unspecified atom stereocenters. The van der Waals surface area contributed by atoms with Crippen LogP contribution in [-0.4, -0.2) is 12.7 Å². The molecule has 2 N–H and O–H groups in total. The second kappa shape index (κ2) is 5.10. The molecule has 1 saturated heterocycles. The highest BCUT2D eigenvalue weighted by Gasteiger charge is 2.28. The molecule has 0 radical (unpaired) electrons. The van der Waals surface area contributed by atoms with Gasteiger partial charge in [-0.2, -0.15) is 0 Å². The van der Waals surface area contributed by atoms with Crippen LogP contribution in [0.4, 0.5) is 8.78 Å². The Hall–Kier alpha value is -1.00. The largest absolute Gasteiger partial charge is 0.376 e. The SMILES string of the molecule is Cc1ccc(F)c(C(N)C2CCCCO2)c1F. The summed E-state index contributed by atoms with van der Waals surface area (Å²) in [6.07, 6.45) is 2.46. The van der Waals surface area contributed by atoms with Crippen molar-refractivity contribution in [2.75, 3.05) is 6.61 Å². The molecule has 1 aliphatic heterocycles. The molecule has 1 aromatic rings. The summed E-state index contributed by atoms with van der Waals surface area (Å²) in [4.78, 5) is 0. The highest BCUT2D eigenvalue weighted by atomic mass is 19.1. The summed E-state index contributed by atoms with van der Waals surface area (Å²) in [7, 11) is 0. The molecular weight excluding hydrogens is 224 g/mol. The van der Waals surface area contributed by atoms with Gasteiger partial charge in [0.15, 0.2) is 0 Å². The van der Waals surface area contributed by atoms with Crippen LogP contribution in [-0.2, 0) is 4.74 Å². The Kier molecular flexibility index (Phi) is 3.74. The zero-order valence-electron chi connectivity index (χ0n) is 9.88. The molecule has 2 nitrogen and oxygen atoms in total. The molecule has 0 spiro atoms. The summed E-state index contributed by atoms with van der Waals surface area (Å²) in [6.45, 7) is 2.22. The van der Waals surface area contributed by atoms with Crippen molar-refractivity contribution in [1.82, 2.24) is 0 Å². The molecule has 1 heterocycles. The van der Waals surface area contributed by atoms with Crippen molar-refractivity contribution < 1.29 is 13.5 Å². The van der Waals surface area contributed by atoms with E-state index in [-0.39, 0.29) is 11.7 Å². The predicted molar refractivity (Wildman–Crippen MR) is 61.6 cm³/mol. The number of benzene rings is 1. The van der Waals surface area contributed by atoms with E-state index < -0.39 is 17.7 Å². The molecule has 0 aromatic heterocycles. The van der Waals surface area contributed by atoms with Gasteiger partial charge in [0.25, 0.3) is 0 Å². The van der Waals surface area contributed by atoms with E-state index in [1.165, 1.54) is 12.1 Å². The number of nitrogens with two attached hydrogens (primary N) is 1. The van der Waals surface area contributed by atoms with Gasteiger partial charge in [-0.15, -0.1) is 0 Å². The lowest BCUT2D eigenvalue weighted by atomic mass is 9.94. The Morgan fingerprint density at radius 3 is 2.76 bits per heavy atom. The van der Waals surface area contributed by atoms with Crippen LogP contribution in [0.5, 0.6) is 0 Å². The van der Waals surface area contributed by atoms with E-state index in [1.54, 1.807) is 6.92 Å². The van der Waals surface area contributed by atoms with E-state index in [0.29, 0.717) is 12.2 Å². The maximum Gasteiger partial charge on any atom is 0.133 e. The van der Waals surface area contributed by atoms with E-state index in [9.17, 15) is 8.78 Å². The number of halogens is 2. The second-order valence-corrected chi connectivity index (χ2v) is 4.52. The van der Waals surface area contributed by atoms with Gasteiger partial charge in [-0.3, -0.25) is 0 Å². The highest BCUT2D eigenvalue weighted by molar-refractivity contribution is 5.29. The molecule has 2 rings (SSSR count). The quantitative estimate of drug-likeness (QED) is 0.864. The van der Waals surface area contributed by atoms with Crippen molar-refractivity contribution >= 4 is 0 Å². The van der Waals surface area contributed by atoms with Crippen LogP contribution in [0.3, 0.4) is 0 Å². The summed E-state index contributed by atoms with van der Waals surface area (Å²) < 4.78 is 33.0. The van der Waals surface area contributed by atoms with Crippen molar-refractivity contribution in [3.8, 4) is 0 Å². The Balaban J connectivity index is 2.29. The third kappa shape index (κ3) is 2.48. The van der Waals surface area contributed by atoms with E-state index in [4.69, 9.17) is 10.5 Å². The molecule has 0 amide bonds. The summed E-state index contributed by atoms with van der Waals surface area (Å²) in [5, 5.41) is 0. The van der Waals surface area contributed by atoms with Crippen LogP contribution in [0.1, 0.15) is 36.4 Å². The second-order valence-electron chi connectivity index (χ2n) is 4.52. The predicted octanol–water partition coefficient (Wildman–Crippen LogP) is 2.84. The van der Waals surface area contributed by atoms with E-state index in [2.05, 4.69) is 0 Å². The first-order chi connectivity index (χ1) is 8.11. The standard InChI is InChI=1S/C13H17F2NO/c1-8-5-6-9(14)11(12(8)15)13(16)10-4-2-3-7-17-10/h5-6,10,13H,2-4,7,16H2,1H3. The molecule has 1 aromatic carbocycles. The Morgan fingerprint density at radius 2 is 2.12 bits per heavy atom. The van der Waals surface area contributed by atoms with Crippen molar-refractivity contribution in [2.45, 2.75) is 38.3 Å². The minimum absolute atomic E-state index is 0.0445.